The van der Waals surface area contributed by atoms with E-state index >= 15 is 0 Å². The Kier molecular flexibility index (Phi) is 5.22. The molecule has 6 heteroatoms. The van der Waals surface area contributed by atoms with Gasteiger partial charge in [-0.2, -0.15) is 0 Å². The predicted molar refractivity (Wildman–Crippen MR) is 122 cm³/mol. The quantitative estimate of drug-likeness (QED) is 0.572. The van der Waals surface area contributed by atoms with Crippen LogP contribution < -0.4 is 4.90 Å². The molecule has 0 fully saturated rings. The SMILES string of the molecule is Cc1ccc2c(c1)[C@@](C)(c1ccccc1)CC(C)(C)N2C(=O)CSc1nncn1C. The number of benzene rings is 2. The summed E-state index contributed by atoms with van der Waals surface area (Å²) in [4.78, 5) is 15.5. The molecule has 0 unspecified atom stereocenters. The van der Waals surface area contributed by atoms with Crippen molar-refractivity contribution in [3.63, 3.8) is 0 Å². The number of hydrogen-bond acceptors (Lipinski definition) is 4. The van der Waals surface area contributed by atoms with E-state index in [2.05, 4.69) is 86.4 Å². The highest BCUT2D eigenvalue weighted by atomic mass is 32.2. The first-order chi connectivity index (χ1) is 14.2. The molecule has 1 aromatic heterocycles. The van der Waals surface area contributed by atoms with Gasteiger partial charge in [0.05, 0.1) is 5.75 Å². The Hall–Kier alpha value is -2.60. The van der Waals surface area contributed by atoms with Gasteiger partial charge in [0.25, 0.3) is 0 Å². The summed E-state index contributed by atoms with van der Waals surface area (Å²) in [5.74, 6) is 0.416. The molecule has 5 nitrogen and oxygen atoms in total. The van der Waals surface area contributed by atoms with Crippen LogP contribution in [0.5, 0.6) is 0 Å². The number of anilines is 1. The summed E-state index contributed by atoms with van der Waals surface area (Å²) >= 11 is 1.43. The van der Waals surface area contributed by atoms with E-state index in [1.165, 1.54) is 28.5 Å². The zero-order chi connectivity index (χ0) is 21.5. The molecule has 3 aromatic rings. The topological polar surface area (TPSA) is 51.0 Å². The average Bonchev–Trinajstić information content (AvgIpc) is 3.12. The fourth-order valence-electron chi connectivity index (χ4n) is 4.78. The molecule has 1 aliphatic rings. The molecular weight excluding hydrogens is 392 g/mol. The van der Waals surface area contributed by atoms with Crippen LogP contribution in [-0.4, -0.2) is 32.0 Å². The standard InChI is InChI=1S/C24H28N4OS/c1-17-11-12-20-19(13-17)24(4,18-9-7-6-8-10-18)15-23(2,3)28(20)21(29)14-30-22-26-25-16-27(22)5/h6-13,16H,14-15H2,1-5H3/t24-/m1/s1. The third-order valence-corrected chi connectivity index (χ3v) is 7.05. The van der Waals surface area contributed by atoms with Crippen LogP contribution in [0.4, 0.5) is 5.69 Å². The Labute approximate surface area is 182 Å². The van der Waals surface area contributed by atoms with Gasteiger partial charge in [-0.15, -0.1) is 10.2 Å². The smallest absolute Gasteiger partial charge is 0.237 e. The van der Waals surface area contributed by atoms with Crippen LogP contribution in [0, 0.1) is 6.92 Å². The van der Waals surface area contributed by atoms with E-state index in [1.807, 2.05) is 16.5 Å². The number of carbonyl (C=O) groups is 1. The van der Waals surface area contributed by atoms with Crippen LogP contribution in [0.15, 0.2) is 60.0 Å². The van der Waals surface area contributed by atoms with Crippen molar-refractivity contribution >= 4 is 23.4 Å². The number of aryl methyl sites for hydroxylation is 2. The molecule has 0 aliphatic carbocycles. The summed E-state index contributed by atoms with van der Waals surface area (Å²) < 4.78 is 1.84. The summed E-state index contributed by atoms with van der Waals surface area (Å²) in [6.07, 6.45) is 2.50. The van der Waals surface area contributed by atoms with Gasteiger partial charge in [0.15, 0.2) is 5.16 Å². The Morgan fingerprint density at radius 3 is 2.53 bits per heavy atom. The summed E-state index contributed by atoms with van der Waals surface area (Å²) in [6, 6.07) is 17.1. The minimum Gasteiger partial charge on any atom is -0.312 e. The van der Waals surface area contributed by atoms with E-state index in [1.54, 1.807) is 6.33 Å². The number of nitrogens with zero attached hydrogens (tertiary/aromatic N) is 4. The van der Waals surface area contributed by atoms with Crippen LogP contribution >= 0.6 is 11.8 Å². The fraction of sp³-hybridized carbons (Fsp3) is 0.375. The third-order valence-electron chi connectivity index (χ3n) is 6.03. The number of fused-ring (bicyclic) bond motifs is 1. The van der Waals surface area contributed by atoms with E-state index in [4.69, 9.17) is 0 Å². The van der Waals surface area contributed by atoms with E-state index < -0.39 is 0 Å². The van der Waals surface area contributed by atoms with Gasteiger partial charge >= 0.3 is 0 Å². The maximum Gasteiger partial charge on any atom is 0.237 e. The zero-order valence-electron chi connectivity index (χ0n) is 18.2. The lowest BCUT2D eigenvalue weighted by molar-refractivity contribution is -0.117. The van der Waals surface area contributed by atoms with Crippen LogP contribution in [-0.2, 0) is 17.3 Å². The average molecular weight is 421 g/mol. The normalized spacial score (nSPS) is 20.1. The molecular formula is C24H28N4OS. The summed E-state index contributed by atoms with van der Waals surface area (Å²) in [5, 5.41) is 8.75. The molecule has 1 aliphatic heterocycles. The van der Waals surface area contributed by atoms with Crippen LogP contribution in [0.2, 0.25) is 0 Å². The van der Waals surface area contributed by atoms with Gasteiger partial charge in [0.1, 0.15) is 6.33 Å². The van der Waals surface area contributed by atoms with Gasteiger partial charge < -0.3 is 9.47 Å². The molecule has 2 aromatic carbocycles. The van der Waals surface area contributed by atoms with Crippen LogP contribution in [0.25, 0.3) is 0 Å². The highest BCUT2D eigenvalue weighted by molar-refractivity contribution is 7.99. The monoisotopic (exact) mass is 420 g/mol. The molecule has 0 bridgehead atoms. The second-order valence-electron chi connectivity index (χ2n) is 8.95. The first-order valence-corrected chi connectivity index (χ1v) is 11.2. The van der Waals surface area contributed by atoms with E-state index in [-0.39, 0.29) is 16.9 Å². The molecule has 1 atom stereocenters. The highest BCUT2D eigenvalue weighted by Gasteiger charge is 2.47. The molecule has 0 saturated carbocycles. The van der Waals surface area contributed by atoms with Gasteiger partial charge in [0, 0.05) is 23.7 Å². The molecule has 30 heavy (non-hydrogen) atoms. The minimum atomic E-state index is -0.329. The van der Waals surface area contributed by atoms with Crippen molar-refractivity contribution in [2.24, 2.45) is 7.05 Å². The van der Waals surface area contributed by atoms with E-state index in [9.17, 15) is 4.79 Å². The van der Waals surface area contributed by atoms with Crippen molar-refractivity contribution in [2.45, 2.75) is 50.2 Å². The predicted octanol–water partition coefficient (Wildman–Crippen LogP) is 4.74. The number of hydrogen-bond donors (Lipinski definition) is 0. The lowest BCUT2D eigenvalue weighted by Gasteiger charge is -2.51. The maximum atomic E-state index is 13.5. The number of amides is 1. The number of aromatic nitrogens is 3. The van der Waals surface area contributed by atoms with Gasteiger partial charge in [-0.1, -0.05) is 66.7 Å². The van der Waals surface area contributed by atoms with Crippen LogP contribution in [0.1, 0.15) is 43.9 Å². The van der Waals surface area contributed by atoms with Crippen LogP contribution in [0.3, 0.4) is 0 Å². The molecule has 0 radical (unpaired) electrons. The third kappa shape index (κ3) is 3.54. The molecule has 1 amide bonds. The van der Waals surface area contributed by atoms with E-state index in [0.29, 0.717) is 5.75 Å². The van der Waals surface area contributed by atoms with E-state index in [0.717, 1.165) is 17.3 Å². The largest absolute Gasteiger partial charge is 0.312 e. The molecule has 2 heterocycles. The first kappa shape index (κ1) is 20.7. The van der Waals surface area contributed by atoms with Gasteiger partial charge in [0.2, 0.25) is 5.91 Å². The van der Waals surface area contributed by atoms with Crippen molar-refractivity contribution in [1.29, 1.82) is 0 Å². The number of rotatable bonds is 4. The Morgan fingerprint density at radius 1 is 1.13 bits per heavy atom. The second-order valence-corrected chi connectivity index (χ2v) is 9.89. The molecule has 0 spiro atoms. The maximum absolute atomic E-state index is 13.5. The van der Waals surface area contributed by atoms with Crippen molar-refractivity contribution in [2.75, 3.05) is 10.7 Å². The molecule has 0 saturated heterocycles. The highest BCUT2D eigenvalue weighted by Crippen LogP contribution is 2.50. The van der Waals surface area contributed by atoms with Gasteiger partial charge in [-0.3, -0.25) is 4.79 Å². The molecule has 156 valence electrons. The number of carbonyl (C=O) groups excluding carboxylic acids is 1. The fourth-order valence-corrected chi connectivity index (χ4v) is 5.52. The summed E-state index contributed by atoms with van der Waals surface area (Å²) in [5.41, 5.74) is 4.21. The summed E-state index contributed by atoms with van der Waals surface area (Å²) in [7, 11) is 1.89. The Balaban J connectivity index is 1.75. The molecule has 4 rings (SSSR count). The number of thioether (sulfide) groups is 1. The van der Waals surface area contributed by atoms with Crippen molar-refractivity contribution < 1.29 is 4.79 Å². The zero-order valence-corrected chi connectivity index (χ0v) is 19.0. The lowest BCUT2D eigenvalue weighted by Crippen LogP contribution is -2.56. The van der Waals surface area contributed by atoms with Gasteiger partial charge in [-0.25, -0.2) is 0 Å². The Morgan fingerprint density at radius 2 is 1.87 bits per heavy atom. The lowest BCUT2D eigenvalue weighted by atomic mass is 9.65. The second kappa shape index (κ2) is 7.58. The molecule has 0 N–H and O–H groups in total. The van der Waals surface area contributed by atoms with Crippen molar-refractivity contribution in [3.8, 4) is 0 Å². The minimum absolute atomic E-state index is 0.0909. The Bertz CT molecular complexity index is 1080. The van der Waals surface area contributed by atoms with Crippen molar-refractivity contribution in [1.82, 2.24) is 14.8 Å². The first-order valence-electron chi connectivity index (χ1n) is 10.2. The van der Waals surface area contributed by atoms with Gasteiger partial charge in [-0.05, 0) is 44.4 Å². The summed E-state index contributed by atoms with van der Waals surface area (Å²) in [6.45, 7) is 8.75. The van der Waals surface area contributed by atoms with Crippen molar-refractivity contribution in [3.05, 3.63) is 71.5 Å².